The number of nitrogens with zero attached hydrogens (tertiary/aromatic N) is 2. The fourth-order valence-electron chi connectivity index (χ4n) is 2.45. The second kappa shape index (κ2) is 7.76. The Morgan fingerprint density at radius 3 is 2.68 bits per heavy atom. The van der Waals surface area contributed by atoms with Gasteiger partial charge in [0.1, 0.15) is 10.8 Å². The Morgan fingerprint density at radius 2 is 2.00 bits per heavy atom. The van der Waals surface area contributed by atoms with Crippen molar-refractivity contribution in [2.45, 2.75) is 25.8 Å². The highest BCUT2D eigenvalue weighted by molar-refractivity contribution is 6.33. The molecule has 2 aromatic heterocycles. The molecule has 25 heavy (non-hydrogen) atoms. The average molecular weight is 378 g/mol. The van der Waals surface area contributed by atoms with Crippen LogP contribution in [-0.2, 0) is 6.42 Å². The van der Waals surface area contributed by atoms with E-state index in [4.69, 9.17) is 27.6 Å². The minimum absolute atomic E-state index is 0.106. The van der Waals surface area contributed by atoms with E-state index in [1.54, 1.807) is 36.7 Å². The van der Waals surface area contributed by atoms with Crippen LogP contribution in [0.1, 0.15) is 19.1 Å². The summed E-state index contributed by atoms with van der Waals surface area (Å²) < 4.78 is 6.57. The first kappa shape index (κ1) is 17.6. The summed E-state index contributed by atoms with van der Waals surface area (Å²) in [5.74, 6) is 0.927. The van der Waals surface area contributed by atoms with E-state index in [1.165, 1.54) is 4.68 Å². The van der Waals surface area contributed by atoms with Gasteiger partial charge in [-0.25, -0.2) is 0 Å². The summed E-state index contributed by atoms with van der Waals surface area (Å²) in [7, 11) is 0. The molecule has 0 fully saturated rings. The molecule has 1 aromatic carbocycles. The maximum absolute atomic E-state index is 12.5. The zero-order chi connectivity index (χ0) is 17.8. The zero-order valence-corrected chi connectivity index (χ0v) is 15.1. The molecule has 0 radical (unpaired) electrons. The van der Waals surface area contributed by atoms with E-state index < -0.39 is 0 Å². The lowest BCUT2D eigenvalue weighted by Crippen LogP contribution is -2.25. The maximum atomic E-state index is 12.5. The first-order valence-corrected chi connectivity index (χ1v) is 8.63. The van der Waals surface area contributed by atoms with Crippen LogP contribution in [0.4, 0.5) is 5.69 Å². The van der Waals surface area contributed by atoms with Gasteiger partial charge in [-0.2, -0.15) is 9.78 Å². The van der Waals surface area contributed by atoms with Gasteiger partial charge in [-0.3, -0.25) is 4.79 Å². The molecule has 0 aliphatic rings. The van der Waals surface area contributed by atoms with Gasteiger partial charge in [0.05, 0.1) is 23.8 Å². The number of benzene rings is 1. The Kier molecular flexibility index (Phi) is 5.46. The second-order valence-corrected chi connectivity index (χ2v) is 6.54. The molecule has 1 atom stereocenters. The van der Waals surface area contributed by atoms with Crippen LogP contribution in [0.3, 0.4) is 0 Å². The predicted molar refractivity (Wildman–Crippen MR) is 100.0 cm³/mol. The Balaban J connectivity index is 1.73. The molecule has 0 unspecified atom stereocenters. The third-order valence-corrected chi connectivity index (χ3v) is 4.41. The summed E-state index contributed by atoms with van der Waals surface area (Å²) in [6.45, 7) is 2.02. The lowest BCUT2D eigenvalue weighted by molar-refractivity contribution is 0.495. The standard InChI is InChI=1S/C18H17Cl2N3O2/c1-12(4-9-15-3-2-10-25-15)22-16-11-21-23(18(24)17(16)20)14-7-5-13(19)6-8-14/h2-3,5-8,10-12,22H,4,9H2,1H3/t12-/m0/s1. The number of nitrogens with one attached hydrogen (secondary N) is 1. The van der Waals surface area contributed by atoms with Crippen molar-refractivity contribution in [2.24, 2.45) is 0 Å². The Labute approximate surface area is 155 Å². The molecule has 0 amide bonds. The van der Waals surface area contributed by atoms with E-state index in [9.17, 15) is 4.79 Å². The molecule has 3 rings (SSSR count). The van der Waals surface area contributed by atoms with E-state index >= 15 is 0 Å². The van der Waals surface area contributed by atoms with Gasteiger partial charge in [-0.15, -0.1) is 0 Å². The second-order valence-electron chi connectivity index (χ2n) is 5.73. The lowest BCUT2D eigenvalue weighted by atomic mass is 10.1. The first-order chi connectivity index (χ1) is 12.0. The van der Waals surface area contributed by atoms with Gasteiger partial charge in [-0.05, 0) is 49.7 Å². The smallest absolute Gasteiger partial charge is 0.292 e. The van der Waals surface area contributed by atoms with Gasteiger partial charge >= 0.3 is 0 Å². The number of halogens is 2. The quantitative estimate of drug-likeness (QED) is 0.683. The molecular formula is C18H17Cl2N3O2. The number of aromatic nitrogens is 2. The third kappa shape index (κ3) is 4.24. The fraction of sp³-hybridized carbons (Fsp3) is 0.222. The maximum Gasteiger partial charge on any atom is 0.292 e. The molecule has 0 aliphatic carbocycles. The number of hydrogen-bond acceptors (Lipinski definition) is 4. The molecule has 0 spiro atoms. The van der Waals surface area contributed by atoms with Crippen LogP contribution in [0.5, 0.6) is 0 Å². The summed E-state index contributed by atoms with van der Waals surface area (Å²) >= 11 is 12.1. The van der Waals surface area contributed by atoms with Gasteiger partial charge < -0.3 is 9.73 Å². The van der Waals surface area contributed by atoms with E-state index in [0.29, 0.717) is 16.4 Å². The normalized spacial score (nSPS) is 12.1. The highest BCUT2D eigenvalue weighted by Crippen LogP contribution is 2.19. The van der Waals surface area contributed by atoms with Crippen LogP contribution in [-0.4, -0.2) is 15.8 Å². The van der Waals surface area contributed by atoms with Crippen molar-refractivity contribution < 1.29 is 4.42 Å². The van der Waals surface area contributed by atoms with Crippen LogP contribution in [0.25, 0.3) is 5.69 Å². The average Bonchev–Trinajstić information content (AvgIpc) is 3.12. The third-order valence-electron chi connectivity index (χ3n) is 3.80. The molecule has 5 nitrogen and oxygen atoms in total. The molecule has 2 heterocycles. The summed E-state index contributed by atoms with van der Waals surface area (Å²) in [5.41, 5.74) is 0.741. The van der Waals surface area contributed by atoms with Crippen molar-refractivity contribution in [1.82, 2.24) is 9.78 Å². The lowest BCUT2D eigenvalue weighted by Gasteiger charge is -2.16. The van der Waals surface area contributed by atoms with Crippen LogP contribution < -0.4 is 10.9 Å². The van der Waals surface area contributed by atoms with Crippen molar-refractivity contribution in [3.05, 3.63) is 75.0 Å². The van der Waals surface area contributed by atoms with Crippen molar-refractivity contribution in [3.63, 3.8) is 0 Å². The Morgan fingerprint density at radius 1 is 1.24 bits per heavy atom. The fourth-order valence-corrected chi connectivity index (χ4v) is 2.76. The SMILES string of the molecule is C[C@@H](CCc1ccco1)Nc1cnn(-c2ccc(Cl)cc2)c(=O)c1Cl. The van der Waals surface area contributed by atoms with E-state index in [1.807, 2.05) is 19.1 Å². The van der Waals surface area contributed by atoms with Crippen LogP contribution >= 0.6 is 23.2 Å². The minimum atomic E-state index is -0.382. The van der Waals surface area contributed by atoms with Gasteiger partial charge in [0.25, 0.3) is 5.56 Å². The van der Waals surface area contributed by atoms with Gasteiger partial charge in [0.15, 0.2) is 0 Å². The molecule has 7 heteroatoms. The molecular weight excluding hydrogens is 361 g/mol. The van der Waals surface area contributed by atoms with E-state index in [2.05, 4.69) is 10.4 Å². The first-order valence-electron chi connectivity index (χ1n) is 7.87. The minimum Gasteiger partial charge on any atom is -0.469 e. The zero-order valence-electron chi connectivity index (χ0n) is 13.6. The van der Waals surface area contributed by atoms with Crippen LogP contribution in [0.2, 0.25) is 10.0 Å². The number of rotatable bonds is 6. The summed E-state index contributed by atoms with van der Waals surface area (Å²) in [5, 5.41) is 8.12. The molecule has 130 valence electrons. The van der Waals surface area contributed by atoms with Crippen LogP contribution in [0, 0.1) is 0 Å². The summed E-state index contributed by atoms with van der Waals surface area (Å²) in [6.07, 6.45) is 4.85. The summed E-state index contributed by atoms with van der Waals surface area (Å²) in [4.78, 5) is 12.5. The topological polar surface area (TPSA) is 60.1 Å². The van der Waals surface area contributed by atoms with E-state index in [-0.39, 0.29) is 16.6 Å². The van der Waals surface area contributed by atoms with Gasteiger partial charge in [0, 0.05) is 17.5 Å². The molecule has 1 N–H and O–H groups in total. The van der Waals surface area contributed by atoms with Crippen molar-refractivity contribution >= 4 is 28.9 Å². The number of hydrogen-bond donors (Lipinski definition) is 1. The Bertz CT molecular complexity index is 890. The molecule has 3 aromatic rings. The highest BCUT2D eigenvalue weighted by Gasteiger charge is 2.13. The molecule has 0 bridgehead atoms. The number of furan rings is 1. The summed E-state index contributed by atoms with van der Waals surface area (Å²) in [6, 6.07) is 10.7. The molecule has 0 saturated heterocycles. The number of anilines is 1. The molecule has 0 aliphatic heterocycles. The van der Waals surface area contributed by atoms with Crippen LogP contribution in [0.15, 0.2) is 58.1 Å². The van der Waals surface area contributed by atoms with Gasteiger partial charge in [0.2, 0.25) is 0 Å². The van der Waals surface area contributed by atoms with Crippen molar-refractivity contribution in [2.75, 3.05) is 5.32 Å². The Hall–Kier alpha value is -2.24. The highest BCUT2D eigenvalue weighted by atomic mass is 35.5. The van der Waals surface area contributed by atoms with Crippen molar-refractivity contribution in [3.8, 4) is 5.69 Å². The molecule has 0 saturated carbocycles. The monoisotopic (exact) mass is 377 g/mol. The predicted octanol–water partition coefficient (Wildman–Crippen LogP) is 4.57. The van der Waals surface area contributed by atoms with E-state index in [0.717, 1.165) is 18.6 Å². The largest absolute Gasteiger partial charge is 0.469 e. The van der Waals surface area contributed by atoms with Crippen molar-refractivity contribution in [1.29, 1.82) is 0 Å². The van der Waals surface area contributed by atoms with Gasteiger partial charge in [-0.1, -0.05) is 23.2 Å². The number of aryl methyl sites for hydroxylation is 1.